The minimum atomic E-state index is -0.118. The Kier molecular flexibility index (Phi) is 6.21. The molecule has 1 N–H and O–H groups in total. The van der Waals surface area contributed by atoms with Gasteiger partial charge in [0, 0.05) is 69.0 Å². The maximum Gasteiger partial charge on any atom is 0.327 e. The van der Waals surface area contributed by atoms with Crippen molar-refractivity contribution in [2.24, 2.45) is 0 Å². The lowest BCUT2D eigenvalue weighted by atomic mass is 9.98. The van der Waals surface area contributed by atoms with Gasteiger partial charge in [0.1, 0.15) is 5.82 Å². The lowest BCUT2D eigenvalue weighted by Crippen LogP contribution is -2.37. The summed E-state index contributed by atoms with van der Waals surface area (Å²) in [5.74, 6) is 1.05. The van der Waals surface area contributed by atoms with Gasteiger partial charge in [-0.3, -0.25) is 14.3 Å². The number of fused-ring (bicyclic) bond motifs is 2. The second kappa shape index (κ2) is 9.82. The van der Waals surface area contributed by atoms with Crippen molar-refractivity contribution in [3.8, 4) is 0 Å². The van der Waals surface area contributed by atoms with Crippen LogP contribution in [0.25, 0.3) is 11.2 Å². The van der Waals surface area contributed by atoms with E-state index in [1.165, 1.54) is 5.56 Å². The molecule has 3 aromatic heterocycles. The van der Waals surface area contributed by atoms with Crippen molar-refractivity contribution in [1.29, 1.82) is 0 Å². The number of imidazole rings is 1. The van der Waals surface area contributed by atoms with Gasteiger partial charge >= 0.3 is 5.69 Å². The van der Waals surface area contributed by atoms with Crippen LogP contribution in [0.3, 0.4) is 0 Å². The number of piperidine rings is 1. The molecule has 1 amide bonds. The second-order valence-electron chi connectivity index (χ2n) is 9.75. The van der Waals surface area contributed by atoms with Gasteiger partial charge in [-0.05, 0) is 55.2 Å². The smallest absolute Gasteiger partial charge is 0.327 e. The summed E-state index contributed by atoms with van der Waals surface area (Å²) in [4.78, 5) is 42.0. The van der Waals surface area contributed by atoms with Crippen molar-refractivity contribution in [2.45, 2.75) is 31.2 Å². The molecule has 2 aliphatic heterocycles. The third-order valence-corrected chi connectivity index (χ3v) is 7.62. The number of hydrogen-bond donors (Lipinski definition) is 1. The lowest BCUT2D eigenvalue weighted by Gasteiger charge is -2.33. The molecule has 2 aliphatic rings. The number of benzene rings is 1. The van der Waals surface area contributed by atoms with Crippen LogP contribution in [-0.4, -0.2) is 58.8 Å². The molecule has 0 spiro atoms. The fourth-order valence-corrected chi connectivity index (χ4v) is 5.75. The average molecular weight is 499 g/mol. The van der Waals surface area contributed by atoms with Gasteiger partial charge in [-0.15, -0.1) is 0 Å². The Labute approximate surface area is 214 Å². The van der Waals surface area contributed by atoms with Crippen LogP contribution in [0.2, 0.25) is 0 Å². The normalized spacial score (nSPS) is 17.9. The fourth-order valence-electron chi connectivity index (χ4n) is 5.75. The van der Waals surface area contributed by atoms with E-state index in [1.54, 1.807) is 25.6 Å². The highest BCUT2D eigenvalue weighted by Crippen LogP contribution is 2.39. The average Bonchev–Trinajstić information content (AvgIpc) is 3.48. The molecule has 9 nitrogen and oxygen atoms in total. The number of H-pyrrole nitrogens is 1. The molecule has 1 aromatic carbocycles. The number of pyridine rings is 2. The summed E-state index contributed by atoms with van der Waals surface area (Å²) >= 11 is 0. The first kappa shape index (κ1) is 23.4. The molecule has 1 saturated heterocycles. The van der Waals surface area contributed by atoms with Crippen molar-refractivity contribution in [3.63, 3.8) is 0 Å². The van der Waals surface area contributed by atoms with Crippen LogP contribution < -0.4 is 15.5 Å². The number of rotatable bonds is 6. The van der Waals surface area contributed by atoms with Crippen LogP contribution in [0, 0.1) is 0 Å². The molecule has 0 bridgehead atoms. The Morgan fingerprint density at radius 1 is 1.08 bits per heavy atom. The summed E-state index contributed by atoms with van der Waals surface area (Å²) in [5.41, 5.74) is 4.15. The van der Waals surface area contributed by atoms with E-state index in [1.807, 2.05) is 45.9 Å². The zero-order valence-electron chi connectivity index (χ0n) is 20.8. The van der Waals surface area contributed by atoms with Crippen LogP contribution in [0.5, 0.6) is 0 Å². The molecule has 6 rings (SSSR count). The van der Waals surface area contributed by atoms with Crippen molar-refractivity contribution >= 4 is 28.6 Å². The number of para-hydroxylation sites is 1. The Balaban J connectivity index is 1.18. The van der Waals surface area contributed by atoms with E-state index in [0.29, 0.717) is 24.4 Å². The van der Waals surface area contributed by atoms with Gasteiger partial charge in [0.05, 0.1) is 5.52 Å². The number of methoxy groups -OCH3 is 1. The summed E-state index contributed by atoms with van der Waals surface area (Å²) in [6.07, 6.45) is 5.90. The summed E-state index contributed by atoms with van der Waals surface area (Å²) in [7, 11) is 1.71. The van der Waals surface area contributed by atoms with E-state index in [0.717, 1.165) is 49.4 Å². The number of nitrogens with one attached hydrogen (secondary N) is 1. The quantitative estimate of drug-likeness (QED) is 0.435. The van der Waals surface area contributed by atoms with Gasteiger partial charge in [-0.25, -0.2) is 14.8 Å². The van der Waals surface area contributed by atoms with Gasteiger partial charge < -0.3 is 14.5 Å². The Morgan fingerprint density at radius 3 is 2.76 bits per heavy atom. The third-order valence-electron chi connectivity index (χ3n) is 7.62. The van der Waals surface area contributed by atoms with Crippen LogP contribution in [-0.2, 0) is 4.74 Å². The number of amides is 1. The van der Waals surface area contributed by atoms with Crippen molar-refractivity contribution < 1.29 is 9.53 Å². The number of hydrogen-bond acceptors (Lipinski definition) is 6. The van der Waals surface area contributed by atoms with Gasteiger partial charge in [0.25, 0.3) is 5.91 Å². The number of aromatic nitrogens is 4. The van der Waals surface area contributed by atoms with Crippen LogP contribution in [0.4, 0.5) is 11.5 Å². The predicted octanol–water partition coefficient (Wildman–Crippen LogP) is 3.74. The molecular formula is C28H30N6O3. The predicted molar refractivity (Wildman–Crippen MR) is 142 cm³/mol. The standard InChI is InChI=1S/C28H30N6O3/c1-37-16-11-20-18-33(23-6-3-2-5-22(20)23)27(35)19-8-13-29-25(17-19)32-14-9-21(10-15-32)34-24-7-4-12-30-26(24)31-28(34)36/h2-8,12-13,17,20-21H,9-11,14-16,18H2,1H3,(H,30,31,36). The van der Waals surface area contributed by atoms with E-state index in [-0.39, 0.29) is 23.6 Å². The van der Waals surface area contributed by atoms with Crippen molar-refractivity contribution in [3.05, 3.63) is 82.5 Å². The molecule has 9 heteroatoms. The van der Waals surface area contributed by atoms with Gasteiger partial charge in [-0.1, -0.05) is 18.2 Å². The van der Waals surface area contributed by atoms with E-state index in [9.17, 15) is 9.59 Å². The second-order valence-corrected chi connectivity index (χ2v) is 9.75. The first-order valence-corrected chi connectivity index (χ1v) is 12.8. The number of carbonyl (C=O) groups is 1. The molecule has 1 fully saturated rings. The number of ether oxygens (including phenoxy) is 1. The highest BCUT2D eigenvalue weighted by Gasteiger charge is 2.33. The molecule has 1 unspecified atom stereocenters. The third kappa shape index (κ3) is 4.29. The Hall–Kier alpha value is -3.98. The summed E-state index contributed by atoms with van der Waals surface area (Å²) in [6, 6.07) is 15.7. The lowest BCUT2D eigenvalue weighted by molar-refractivity contribution is 0.0987. The van der Waals surface area contributed by atoms with E-state index >= 15 is 0 Å². The summed E-state index contributed by atoms with van der Waals surface area (Å²) in [6.45, 7) is 2.82. The van der Waals surface area contributed by atoms with Gasteiger partial charge in [0.2, 0.25) is 0 Å². The molecule has 1 atom stereocenters. The molecule has 190 valence electrons. The number of anilines is 2. The minimum Gasteiger partial charge on any atom is -0.385 e. The molecule has 4 aromatic rings. The van der Waals surface area contributed by atoms with Crippen LogP contribution in [0.15, 0.2) is 65.7 Å². The van der Waals surface area contributed by atoms with E-state index in [2.05, 4.69) is 25.9 Å². The molecule has 0 saturated carbocycles. The molecule has 5 heterocycles. The van der Waals surface area contributed by atoms with Crippen molar-refractivity contribution in [1.82, 2.24) is 19.5 Å². The zero-order chi connectivity index (χ0) is 25.4. The molecule has 0 radical (unpaired) electrons. The summed E-state index contributed by atoms with van der Waals surface area (Å²) in [5, 5.41) is 0. The van der Waals surface area contributed by atoms with Crippen molar-refractivity contribution in [2.75, 3.05) is 43.2 Å². The van der Waals surface area contributed by atoms with E-state index in [4.69, 9.17) is 4.74 Å². The Morgan fingerprint density at radius 2 is 1.92 bits per heavy atom. The Bertz CT molecular complexity index is 1490. The monoisotopic (exact) mass is 498 g/mol. The SMILES string of the molecule is COCCC1CN(C(=O)c2ccnc(N3CCC(n4c(=O)[nH]c5ncccc54)CC3)c2)c2ccccc21. The topological polar surface area (TPSA) is 96.4 Å². The highest BCUT2D eigenvalue weighted by atomic mass is 16.5. The zero-order valence-corrected chi connectivity index (χ0v) is 20.8. The van der Waals surface area contributed by atoms with Gasteiger partial charge in [0.15, 0.2) is 5.65 Å². The molecule has 0 aliphatic carbocycles. The first-order chi connectivity index (χ1) is 18.1. The number of carbonyl (C=O) groups excluding carboxylic acids is 1. The fraction of sp³-hybridized carbons (Fsp3) is 0.357. The van der Waals surface area contributed by atoms with Crippen LogP contribution in [0.1, 0.15) is 47.1 Å². The molecular weight excluding hydrogens is 468 g/mol. The maximum absolute atomic E-state index is 13.6. The summed E-state index contributed by atoms with van der Waals surface area (Å²) < 4.78 is 7.13. The first-order valence-electron chi connectivity index (χ1n) is 12.8. The highest BCUT2D eigenvalue weighted by molar-refractivity contribution is 6.07. The maximum atomic E-state index is 13.6. The molecule has 37 heavy (non-hydrogen) atoms. The largest absolute Gasteiger partial charge is 0.385 e. The number of aromatic amines is 1. The van der Waals surface area contributed by atoms with Crippen LogP contribution >= 0.6 is 0 Å². The van der Waals surface area contributed by atoms with Gasteiger partial charge in [-0.2, -0.15) is 0 Å². The number of nitrogens with zero attached hydrogens (tertiary/aromatic N) is 5. The minimum absolute atomic E-state index is 0.0104. The van der Waals surface area contributed by atoms with E-state index < -0.39 is 0 Å².